The fraction of sp³-hybridized carbons (Fsp3) is 0.350. The van der Waals surface area contributed by atoms with Gasteiger partial charge in [0, 0.05) is 28.3 Å². The Morgan fingerprint density at radius 1 is 1.03 bits per heavy atom. The van der Waals surface area contributed by atoms with E-state index in [0.717, 1.165) is 10.4 Å². The molecule has 156 valence electrons. The van der Waals surface area contributed by atoms with Gasteiger partial charge in [0.15, 0.2) is 0 Å². The predicted octanol–water partition coefficient (Wildman–Crippen LogP) is 4.45. The summed E-state index contributed by atoms with van der Waals surface area (Å²) in [6.45, 7) is 1.83. The summed E-state index contributed by atoms with van der Waals surface area (Å²) in [4.78, 5) is 35.5. The summed E-state index contributed by atoms with van der Waals surface area (Å²) in [6, 6.07) is 10.7. The van der Waals surface area contributed by atoms with Crippen LogP contribution in [-0.4, -0.2) is 34.1 Å². The number of carboxylic acid groups (broad SMARTS) is 2. The summed E-state index contributed by atoms with van der Waals surface area (Å²) >= 11 is 13.5. The Bertz CT molecular complexity index is 868. The van der Waals surface area contributed by atoms with Crippen molar-refractivity contribution in [2.75, 3.05) is 0 Å². The maximum absolute atomic E-state index is 12.4. The lowest BCUT2D eigenvalue weighted by Crippen LogP contribution is -2.39. The van der Waals surface area contributed by atoms with Crippen molar-refractivity contribution in [2.24, 2.45) is 5.92 Å². The first-order valence-electron chi connectivity index (χ1n) is 8.89. The zero-order valence-corrected chi connectivity index (χ0v) is 17.9. The molecule has 0 aliphatic heterocycles. The fourth-order valence-corrected chi connectivity index (χ4v) is 4.34. The van der Waals surface area contributed by atoms with Crippen LogP contribution in [0.3, 0.4) is 0 Å². The Hall–Kier alpha value is -2.09. The third kappa shape index (κ3) is 7.34. The van der Waals surface area contributed by atoms with Crippen LogP contribution in [0.25, 0.3) is 0 Å². The average Bonchev–Trinajstić information content (AvgIpc) is 3.04. The Morgan fingerprint density at radius 3 is 2.21 bits per heavy atom. The molecule has 0 aliphatic rings. The molecule has 1 amide bonds. The van der Waals surface area contributed by atoms with E-state index in [2.05, 4.69) is 5.32 Å². The van der Waals surface area contributed by atoms with Crippen LogP contribution in [0.15, 0.2) is 36.4 Å². The molecule has 6 nitrogen and oxygen atoms in total. The van der Waals surface area contributed by atoms with Crippen molar-refractivity contribution in [1.82, 2.24) is 5.32 Å². The molecule has 0 saturated heterocycles. The van der Waals surface area contributed by atoms with E-state index in [0.29, 0.717) is 15.8 Å². The molecule has 0 spiro atoms. The number of carbonyl (C=O) groups is 3. The molecule has 29 heavy (non-hydrogen) atoms. The van der Waals surface area contributed by atoms with E-state index in [1.54, 1.807) is 12.1 Å². The summed E-state index contributed by atoms with van der Waals surface area (Å²) in [5, 5.41) is 21.4. The quantitative estimate of drug-likeness (QED) is 0.488. The van der Waals surface area contributed by atoms with Crippen molar-refractivity contribution >= 4 is 52.4 Å². The summed E-state index contributed by atoms with van der Waals surface area (Å²) in [5.41, 5.74) is 0.965. The van der Waals surface area contributed by atoms with Gasteiger partial charge in [0.25, 0.3) is 0 Å². The highest BCUT2D eigenvalue weighted by atomic mass is 35.5. The normalized spacial score (nSPS) is 14.0. The molecule has 3 unspecified atom stereocenters. The second-order valence-electron chi connectivity index (χ2n) is 6.76. The Kier molecular flexibility index (Phi) is 8.49. The molecule has 1 heterocycles. The van der Waals surface area contributed by atoms with Gasteiger partial charge in [-0.1, -0.05) is 35.3 Å². The molecule has 0 fully saturated rings. The summed E-state index contributed by atoms with van der Waals surface area (Å²) in [6.07, 6.45) is -0.381. The second kappa shape index (κ2) is 10.6. The fourth-order valence-electron chi connectivity index (χ4n) is 3.07. The van der Waals surface area contributed by atoms with Gasteiger partial charge in [-0.25, -0.2) is 0 Å². The second-order valence-corrected chi connectivity index (χ2v) is 9.00. The minimum atomic E-state index is -1.31. The highest BCUT2D eigenvalue weighted by Crippen LogP contribution is 2.30. The summed E-state index contributed by atoms with van der Waals surface area (Å²) in [7, 11) is 0. The molecule has 2 aromatic rings. The van der Waals surface area contributed by atoms with Crippen LogP contribution in [0.4, 0.5) is 0 Å². The predicted molar refractivity (Wildman–Crippen MR) is 113 cm³/mol. The minimum Gasteiger partial charge on any atom is -0.481 e. The lowest BCUT2D eigenvalue weighted by Gasteiger charge is -2.26. The number of rotatable bonds is 10. The number of amides is 1. The number of thiophene rings is 1. The largest absolute Gasteiger partial charge is 0.481 e. The van der Waals surface area contributed by atoms with E-state index in [4.69, 9.17) is 33.4 Å². The average molecular weight is 458 g/mol. The topological polar surface area (TPSA) is 104 Å². The molecule has 0 saturated carbocycles. The van der Waals surface area contributed by atoms with Crippen LogP contribution in [0, 0.1) is 5.92 Å². The molecule has 0 bridgehead atoms. The number of carbonyl (C=O) groups excluding carboxylic acids is 1. The number of carboxylic acids is 2. The number of hydrogen-bond acceptors (Lipinski definition) is 4. The van der Waals surface area contributed by atoms with Crippen molar-refractivity contribution in [3.63, 3.8) is 0 Å². The molecule has 3 N–H and O–H groups in total. The molecular weight excluding hydrogens is 437 g/mol. The van der Waals surface area contributed by atoms with Gasteiger partial charge in [-0.05, 0) is 43.2 Å². The van der Waals surface area contributed by atoms with E-state index >= 15 is 0 Å². The Balaban J connectivity index is 2.14. The SMILES string of the molecule is CC(NC(=O)CC(CC(=O)O)C(=O)O)C(Cc1ccc(Cl)s1)c1ccc(Cl)cc1. The molecular formula is C20H21Cl2NO5S. The molecule has 3 atom stereocenters. The van der Waals surface area contributed by atoms with Gasteiger partial charge in [0.1, 0.15) is 0 Å². The highest BCUT2D eigenvalue weighted by molar-refractivity contribution is 7.16. The molecule has 0 aliphatic carbocycles. The summed E-state index contributed by atoms with van der Waals surface area (Å²) < 4.78 is 0.671. The van der Waals surface area contributed by atoms with Gasteiger partial charge in [0.2, 0.25) is 5.91 Å². The van der Waals surface area contributed by atoms with Crippen molar-refractivity contribution in [3.8, 4) is 0 Å². The smallest absolute Gasteiger partial charge is 0.307 e. The van der Waals surface area contributed by atoms with Gasteiger partial charge in [-0.15, -0.1) is 11.3 Å². The maximum atomic E-state index is 12.4. The van der Waals surface area contributed by atoms with Crippen LogP contribution in [0.2, 0.25) is 9.36 Å². The molecule has 1 aromatic carbocycles. The third-order valence-electron chi connectivity index (χ3n) is 4.54. The lowest BCUT2D eigenvalue weighted by molar-refractivity contribution is -0.149. The standard InChI is InChI=1S/C20H21Cl2NO5S/c1-11(23-18(24)8-13(20(27)28)9-19(25)26)16(10-15-6-7-17(22)29-15)12-2-4-14(21)5-3-12/h2-7,11,13,16H,8-10H2,1H3,(H,23,24)(H,25,26)(H,27,28). The zero-order chi connectivity index (χ0) is 21.6. The molecule has 9 heteroatoms. The Labute approximate surface area is 182 Å². The highest BCUT2D eigenvalue weighted by Gasteiger charge is 2.27. The number of benzene rings is 1. The van der Waals surface area contributed by atoms with Crippen LogP contribution >= 0.6 is 34.5 Å². The number of nitrogens with one attached hydrogen (secondary N) is 1. The minimum absolute atomic E-state index is 0.103. The molecule has 1 aromatic heterocycles. The van der Waals surface area contributed by atoms with E-state index in [-0.39, 0.29) is 12.0 Å². The van der Waals surface area contributed by atoms with E-state index in [1.165, 1.54) is 11.3 Å². The zero-order valence-electron chi connectivity index (χ0n) is 15.6. The molecule has 2 rings (SSSR count). The maximum Gasteiger partial charge on any atom is 0.307 e. The van der Waals surface area contributed by atoms with Crippen LogP contribution < -0.4 is 5.32 Å². The number of hydrogen-bond donors (Lipinski definition) is 3. The molecule has 0 radical (unpaired) electrons. The van der Waals surface area contributed by atoms with E-state index < -0.39 is 36.6 Å². The Morgan fingerprint density at radius 2 is 1.69 bits per heavy atom. The first kappa shape index (κ1) is 23.2. The van der Waals surface area contributed by atoms with Crippen LogP contribution in [0.5, 0.6) is 0 Å². The van der Waals surface area contributed by atoms with E-state index in [9.17, 15) is 14.4 Å². The third-order valence-corrected chi connectivity index (χ3v) is 6.05. The van der Waals surface area contributed by atoms with Gasteiger partial charge >= 0.3 is 11.9 Å². The van der Waals surface area contributed by atoms with Crippen LogP contribution in [-0.2, 0) is 20.8 Å². The summed E-state index contributed by atoms with van der Waals surface area (Å²) in [5.74, 6) is -4.45. The van der Waals surface area contributed by atoms with Crippen molar-refractivity contribution in [2.45, 2.75) is 38.1 Å². The van der Waals surface area contributed by atoms with E-state index in [1.807, 2.05) is 31.2 Å². The van der Waals surface area contributed by atoms with Gasteiger partial charge in [-0.3, -0.25) is 14.4 Å². The van der Waals surface area contributed by atoms with Crippen molar-refractivity contribution in [3.05, 3.63) is 56.2 Å². The number of aliphatic carboxylic acids is 2. The van der Waals surface area contributed by atoms with Gasteiger partial charge in [-0.2, -0.15) is 0 Å². The number of halogens is 2. The first-order valence-corrected chi connectivity index (χ1v) is 10.5. The lowest BCUT2D eigenvalue weighted by atomic mass is 9.88. The van der Waals surface area contributed by atoms with Crippen molar-refractivity contribution in [1.29, 1.82) is 0 Å². The van der Waals surface area contributed by atoms with Gasteiger partial charge < -0.3 is 15.5 Å². The van der Waals surface area contributed by atoms with Crippen LogP contribution in [0.1, 0.15) is 36.1 Å². The monoisotopic (exact) mass is 457 g/mol. The van der Waals surface area contributed by atoms with Crippen molar-refractivity contribution < 1.29 is 24.6 Å². The first-order chi connectivity index (χ1) is 13.7. The van der Waals surface area contributed by atoms with Gasteiger partial charge in [0.05, 0.1) is 16.7 Å².